The van der Waals surface area contributed by atoms with Crippen molar-refractivity contribution in [1.29, 1.82) is 0 Å². The van der Waals surface area contributed by atoms with Crippen LogP contribution in [0.3, 0.4) is 0 Å². The van der Waals surface area contributed by atoms with Gasteiger partial charge in [0.2, 0.25) is 5.88 Å². The van der Waals surface area contributed by atoms with Gasteiger partial charge in [-0.15, -0.1) is 13.2 Å². The Hall–Kier alpha value is -2.97. The van der Waals surface area contributed by atoms with Crippen LogP contribution in [-0.4, -0.2) is 31.5 Å². The van der Waals surface area contributed by atoms with Gasteiger partial charge in [0.25, 0.3) is 0 Å². The van der Waals surface area contributed by atoms with Crippen LogP contribution in [0, 0.1) is 0 Å². The SMILES string of the molecule is CN=C(NCc1ccnc(OC)c1)NCc1ccccc1OC(F)(F)F. The highest BCUT2D eigenvalue weighted by atomic mass is 19.4. The Labute approximate surface area is 149 Å². The lowest BCUT2D eigenvalue weighted by Gasteiger charge is -2.15. The molecule has 1 aromatic heterocycles. The summed E-state index contributed by atoms with van der Waals surface area (Å²) < 4.78 is 46.5. The highest BCUT2D eigenvalue weighted by molar-refractivity contribution is 5.79. The zero-order chi connectivity index (χ0) is 19.0. The molecule has 0 aliphatic heterocycles. The number of halogens is 3. The molecule has 2 aromatic rings. The Morgan fingerprint density at radius 3 is 2.58 bits per heavy atom. The number of nitrogens with zero attached hydrogens (tertiary/aromatic N) is 2. The van der Waals surface area contributed by atoms with Gasteiger partial charge in [-0.05, 0) is 17.7 Å². The number of aromatic nitrogens is 1. The van der Waals surface area contributed by atoms with Gasteiger partial charge in [-0.2, -0.15) is 0 Å². The highest BCUT2D eigenvalue weighted by Gasteiger charge is 2.31. The van der Waals surface area contributed by atoms with E-state index in [1.165, 1.54) is 19.2 Å². The first-order chi connectivity index (χ1) is 12.4. The minimum atomic E-state index is -4.74. The second kappa shape index (κ2) is 8.93. The topological polar surface area (TPSA) is 67.8 Å². The van der Waals surface area contributed by atoms with Crippen LogP contribution in [0.5, 0.6) is 11.6 Å². The molecule has 2 rings (SSSR count). The molecule has 0 aliphatic rings. The lowest BCUT2D eigenvalue weighted by molar-refractivity contribution is -0.274. The fourth-order valence-corrected chi connectivity index (χ4v) is 2.13. The van der Waals surface area contributed by atoms with E-state index in [-0.39, 0.29) is 12.3 Å². The molecule has 0 bridgehead atoms. The lowest BCUT2D eigenvalue weighted by Crippen LogP contribution is -2.36. The molecular weight excluding hydrogens is 349 g/mol. The molecule has 0 saturated heterocycles. The Balaban J connectivity index is 1.95. The third-order valence-electron chi connectivity index (χ3n) is 3.34. The molecule has 1 heterocycles. The Bertz CT molecular complexity index is 751. The first-order valence-electron chi connectivity index (χ1n) is 7.68. The molecule has 0 spiro atoms. The van der Waals surface area contributed by atoms with Crippen molar-refractivity contribution in [2.24, 2.45) is 4.99 Å². The fourth-order valence-electron chi connectivity index (χ4n) is 2.13. The van der Waals surface area contributed by atoms with Gasteiger partial charge in [0, 0.05) is 38.0 Å². The first-order valence-corrected chi connectivity index (χ1v) is 7.68. The molecule has 0 unspecified atom stereocenters. The van der Waals surface area contributed by atoms with Crippen LogP contribution in [0.2, 0.25) is 0 Å². The predicted octanol–water partition coefficient (Wildman–Crippen LogP) is 2.85. The van der Waals surface area contributed by atoms with E-state index in [4.69, 9.17) is 4.74 Å². The summed E-state index contributed by atoms with van der Waals surface area (Å²) in [5.74, 6) is 0.676. The molecule has 26 heavy (non-hydrogen) atoms. The van der Waals surface area contributed by atoms with Gasteiger partial charge in [0.15, 0.2) is 5.96 Å². The van der Waals surface area contributed by atoms with Gasteiger partial charge >= 0.3 is 6.36 Å². The molecule has 6 nitrogen and oxygen atoms in total. The van der Waals surface area contributed by atoms with Crippen LogP contribution < -0.4 is 20.1 Å². The number of aliphatic imine (C=N–C) groups is 1. The van der Waals surface area contributed by atoms with Crippen molar-refractivity contribution in [1.82, 2.24) is 15.6 Å². The van der Waals surface area contributed by atoms with Crippen molar-refractivity contribution in [3.63, 3.8) is 0 Å². The number of rotatable bonds is 6. The summed E-state index contributed by atoms with van der Waals surface area (Å²) in [6.07, 6.45) is -3.12. The van der Waals surface area contributed by atoms with Crippen LogP contribution >= 0.6 is 0 Å². The summed E-state index contributed by atoms with van der Waals surface area (Å²) in [5, 5.41) is 6.02. The number of hydrogen-bond donors (Lipinski definition) is 2. The monoisotopic (exact) mass is 368 g/mol. The second-order valence-corrected chi connectivity index (χ2v) is 5.14. The van der Waals surface area contributed by atoms with Crippen molar-refractivity contribution in [3.05, 3.63) is 53.7 Å². The van der Waals surface area contributed by atoms with Gasteiger partial charge < -0.3 is 20.1 Å². The lowest BCUT2D eigenvalue weighted by atomic mass is 10.2. The molecule has 0 atom stereocenters. The molecule has 0 amide bonds. The fraction of sp³-hybridized carbons (Fsp3) is 0.294. The molecule has 2 N–H and O–H groups in total. The first kappa shape index (κ1) is 19.4. The van der Waals surface area contributed by atoms with E-state index >= 15 is 0 Å². The van der Waals surface area contributed by atoms with Crippen LogP contribution in [0.25, 0.3) is 0 Å². The number of hydrogen-bond acceptors (Lipinski definition) is 4. The highest BCUT2D eigenvalue weighted by Crippen LogP contribution is 2.26. The van der Waals surface area contributed by atoms with E-state index in [0.717, 1.165) is 5.56 Å². The van der Waals surface area contributed by atoms with Crippen molar-refractivity contribution in [3.8, 4) is 11.6 Å². The van der Waals surface area contributed by atoms with E-state index in [1.807, 2.05) is 6.07 Å². The third kappa shape index (κ3) is 6.15. The van der Waals surface area contributed by atoms with E-state index in [0.29, 0.717) is 23.9 Å². The zero-order valence-corrected chi connectivity index (χ0v) is 14.3. The summed E-state index contributed by atoms with van der Waals surface area (Å²) in [6.45, 7) is 0.560. The van der Waals surface area contributed by atoms with Crippen molar-refractivity contribution in [2.75, 3.05) is 14.2 Å². The molecule has 0 saturated carbocycles. The van der Waals surface area contributed by atoms with E-state index in [1.54, 1.807) is 31.4 Å². The summed E-state index contributed by atoms with van der Waals surface area (Å²) >= 11 is 0. The molecule has 0 radical (unpaired) electrons. The number of nitrogens with one attached hydrogen (secondary N) is 2. The average molecular weight is 368 g/mol. The largest absolute Gasteiger partial charge is 0.573 e. The second-order valence-electron chi connectivity index (χ2n) is 5.14. The van der Waals surface area contributed by atoms with Crippen LogP contribution in [-0.2, 0) is 13.1 Å². The molecule has 1 aromatic carbocycles. The number of ether oxygens (including phenoxy) is 2. The zero-order valence-electron chi connectivity index (χ0n) is 14.3. The predicted molar refractivity (Wildman–Crippen MR) is 91.0 cm³/mol. The number of para-hydroxylation sites is 1. The van der Waals surface area contributed by atoms with Crippen LogP contribution in [0.15, 0.2) is 47.6 Å². The van der Waals surface area contributed by atoms with Crippen molar-refractivity contribution in [2.45, 2.75) is 19.5 Å². The number of guanidine groups is 1. The quantitative estimate of drug-likeness (QED) is 0.606. The standard InChI is InChI=1S/C17H19F3N4O2/c1-21-16(23-10-12-7-8-22-15(9-12)25-2)24-11-13-5-3-4-6-14(13)26-17(18,19)20/h3-9H,10-11H2,1-2H3,(H2,21,23,24). The minimum absolute atomic E-state index is 0.117. The minimum Gasteiger partial charge on any atom is -0.481 e. The number of alkyl halides is 3. The van der Waals surface area contributed by atoms with Crippen LogP contribution in [0.1, 0.15) is 11.1 Å². The molecule has 0 aliphatic carbocycles. The number of pyridine rings is 1. The maximum Gasteiger partial charge on any atom is 0.573 e. The summed E-state index contributed by atoms with van der Waals surface area (Å²) in [6, 6.07) is 9.52. The van der Waals surface area contributed by atoms with Gasteiger partial charge in [-0.3, -0.25) is 4.99 Å². The molecule has 140 valence electrons. The van der Waals surface area contributed by atoms with Gasteiger partial charge in [-0.25, -0.2) is 4.98 Å². The molecule has 0 fully saturated rings. The van der Waals surface area contributed by atoms with Crippen molar-refractivity contribution < 1.29 is 22.6 Å². The summed E-state index contributed by atoms with van der Waals surface area (Å²) in [5.41, 5.74) is 1.28. The molecule has 9 heteroatoms. The summed E-state index contributed by atoms with van der Waals surface area (Å²) in [4.78, 5) is 8.07. The van der Waals surface area contributed by atoms with Gasteiger partial charge in [-0.1, -0.05) is 18.2 Å². The number of benzene rings is 1. The normalized spacial score (nSPS) is 11.8. The number of methoxy groups -OCH3 is 1. The Morgan fingerprint density at radius 1 is 1.15 bits per heavy atom. The Kier molecular flexibility index (Phi) is 6.65. The van der Waals surface area contributed by atoms with E-state index in [9.17, 15) is 13.2 Å². The van der Waals surface area contributed by atoms with Crippen molar-refractivity contribution >= 4 is 5.96 Å². The smallest absolute Gasteiger partial charge is 0.481 e. The maximum absolute atomic E-state index is 12.5. The molecular formula is C17H19F3N4O2. The average Bonchev–Trinajstić information content (AvgIpc) is 2.62. The van der Waals surface area contributed by atoms with Gasteiger partial charge in [0.1, 0.15) is 5.75 Å². The van der Waals surface area contributed by atoms with Gasteiger partial charge in [0.05, 0.1) is 7.11 Å². The third-order valence-corrected chi connectivity index (χ3v) is 3.34. The van der Waals surface area contributed by atoms with E-state index in [2.05, 4.69) is 25.3 Å². The van der Waals surface area contributed by atoms with E-state index < -0.39 is 6.36 Å². The van der Waals surface area contributed by atoms with Crippen LogP contribution in [0.4, 0.5) is 13.2 Å². The Morgan fingerprint density at radius 2 is 1.88 bits per heavy atom. The maximum atomic E-state index is 12.5. The summed E-state index contributed by atoms with van der Waals surface area (Å²) in [7, 11) is 3.10.